The van der Waals surface area contributed by atoms with E-state index >= 15 is 0 Å². The van der Waals surface area contributed by atoms with Crippen molar-refractivity contribution in [3.8, 4) is 0 Å². The zero-order valence-corrected chi connectivity index (χ0v) is 12.5. The van der Waals surface area contributed by atoms with Crippen LogP contribution in [0.2, 0.25) is 0 Å². The lowest BCUT2D eigenvalue weighted by atomic mass is 10.1. The highest BCUT2D eigenvalue weighted by molar-refractivity contribution is 5.25. The van der Waals surface area contributed by atoms with Gasteiger partial charge in [-0.1, -0.05) is 13.0 Å². The van der Waals surface area contributed by atoms with Gasteiger partial charge in [-0.15, -0.1) is 0 Å². The van der Waals surface area contributed by atoms with Gasteiger partial charge in [0.15, 0.2) is 0 Å². The fraction of sp³-hybridized carbons (Fsp3) is 0.438. The number of nitrogens with one attached hydrogen (secondary N) is 1. The van der Waals surface area contributed by atoms with Gasteiger partial charge in [0.05, 0.1) is 6.42 Å². The van der Waals surface area contributed by atoms with Crippen molar-refractivity contribution in [2.24, 2.45) is 0 Å². The molecule has 0 aliphatic heterocycles. The number of nitrogens with zero attached hydrogens (tertiary/aromatic N) is 3. The molecule has 1 N–H and O–H groups in total. The average Bonchev–Trinajstić information content (AvgIpc) is 2.43. The van der Waals surface area contributed by atoms with Crippen LogP contribution in [0.3, 0.4) is 0 Å². The molecule has 0 saturated carbocycles. The zero-order chi connectivity index (χ0) is 14.4. The number of pyridine rings is 1. The van der Waals surface area contributed by atoms with Crippen LogP contribution >= 0.6 is 0 Å². The van der Waals surface area contributed by atoms with Crippen LogP contribution in [0.4, 0.5) is 0 Å². The van der Waals surface area contributed by atoms with Gasteiger partial charge in [-0.3, -0.25) is 4.98 Å². The summed E-state index contributed by atoms with van der Waals surface area (Å²) in [5, 5.41) is 3.34. The highest BCUT2D eigenvalue weighted by Gasteiger charge is 2.09. The van der Waals surface area contributed by atoms with Gasteiger partial charge in [-0.2, -0.15) is 0 Å². The second-order valence-electron chi connectivity index (χ2n) is 4.89. The fourth-order valence-electron chi connectivity index (χ4n) is 2.30. The molecule has 106 valence electrons. The highest BCUT2D eigenvalue weighted by Crippen LogP contribution is 2.12. The molecule has 0 fully saturated rings. The second kappa shape index (κ2) is 7.10. The molecule has 4 nitrogen and oxygen atoms in total. The van der Waals surface area contributed by atoms with Crippen molar-refractivity contribution in [2.45, 2.75) is 33.6 Å². The molecule has 0 aliphatic carbocycles. The Balaban J connectivity index is 2.13. The minimum Gasteiger partial charge on any atom is -0.317 e. The SMILES string of the molecule is CCNCCc1c(C)nc(Cc2ccccn2)nc1C. The Kier molecular flexibility index (Phi) is 5.18. The molecule has 0 amide bonds. The van der Waals surface area contributed by atoms with Crippen molar-refractivity contribution < 1.29 is 0 Å². The highest BCUT2D eigenvalue weighted by atomic mass is 14.9. The Labute approximate surface area is 120 Å². The molecule has 0 unspecified atom stereocenters. The number of aromatic nitrogens is 3. The van der Waals surface area contributed by atoms with E-state index in [4.69, 9.17) is 0 Å². The van der Waals surface area contributed by atoms with Crippen LogP contribution in [0.5, 0.6) is 0 Å². The van der Waals surface area contributed by atoms with E-state index in [1.807, 2.05) is 18.2 Å². The van der Waals surface area contributed by atoms with Gasteiger partial charge in [0.25, 0.3) is 0 Å². The summed E-state index contributed by atoms with van der Waals surface area (Å²) < 4.78 is 0. The van der Waals surface area contributed by atoms with Crippen LogP contribution in [0, 0.1) is 13.8 Å². The monoisotopic (exact) mass is 270 g/mol. The maximum atomic E-state index is 4.63. The summed E-state index contributed by atoms with van der Waals surface area (Å²) in [5.41, 5.74) is 4.44. The molecule has 2 rings (SSSR count). The summed E-state index contributed by atoms with van der Waals surface area (Å²) in [6, 6.07) is 5.92. The maximum Gasteiger partial charge on any atom is 0.134 e. The van der Waals surface area contributed by atoms with E-state index in [9.17, 15) is 0 Å². The number of likely N-dealkylation sites (N-methyl/N-ethyl adjacent to an activating group) is 1. The molecule has 0 bridgehead atoms. The quantitative estimate of drug-likeness (QED) is 0.818. The maximum absolute atomic E-state index is 4.63. The molecular weight excluding hydrogens is 248 g/mol. The van der Waals surface area contributed by atoms with Gasteiger partial charge in [-0.25, -0.2) is 9.97 Å². The van der Waals surface area contributed by atoms with E-state index in [2.05, 4.69) is 41.0 Å². The molecule has 2 aromatic rings. The zero-order valence-electron chi connectivity index (χ0n) is 12.5. The lowest BCUT2D eigenvalue weighted by molar-refractivity contribution is 0.705. The van der Waals surface area contributed by atoms with E-state index < -0.39 is 0 Å². The molecule has 2 heterocycles. The van der Waals surface area contributed by atoms with Crippen LogP contribution in [0.15, 0.2) is 24.4 Å². The lowest BCUT2D eigenvalue weighted by Gasteiger charge is -2.11. The van der Waals surface area contributed by atoms with Crippen molar-refractivity contribution >= 4 is 0 Å². The van der Waals surface area contributed by atoms with E-state index in [1.54, 1.807) is 6.20 Å². The molecule has 0 atom stereocenters. The number of aryl methyl sites for hydroxylation is 2. The summed E-state index contributed by atoms with van der Waals surface area (Å²) >= 11 is 0. The largest absolute Gasteiger partial charge is 0.317 e. The second-order valence-corrected chi connectivity index (χ2v) is 4.89. The van der Waals surface area contributed by atoms with Crippen molar-refractivity contribution in [3.63, 3.8) is 0 Å². The van der Waals surface area contributed by atoms with Gasteiger partial charge in [0, 0.05) is 23.3 Å². The Bertz CT molecular complexity index is 529. The third kappa shape index (κ3) is 3.84. The van der Waals surface area contributed by atoms with Crippen LogP contribution in [-0.2, 0) is 12.8 Å². The molecule has 2 aromatic heterocycles. The smallest absolute Gasteiger partial charge is 0.134 e. The van der Waals surface area contributed by atoms with Crippen LogP contribution < -0.4 is 5.32 Å². The topological polar surface area (TPSA) is 50.7 Å². The van der Waals surface area contributed by atoms with Crippen LogP contribution in [0.25, 0.3) is 0 Å². The molecular formula is C16H22N4. The predicted molar refractivity (Wildman–Crippen MR) is 80.8 cm³/mol. The van der Waals surface area contributed by atoms with E-state index in [1.165, 1.54) is 5.56 Å². The molecule has 0 aromatic carbocycles. The van der Waals surface area contributed by atoms with Crippen molar-refractivity contribution in [1.82, 2.24) is 20.3 Å². The van der Waals surface area contributed by atoms with Gasteiger partial charge < -0.3 is 5.32 Å². The molecule has 0 spiro atoms. The fourth-order valence-corrected chi connectivity index (χ4v) is 2.30. The minimum absolute atomic E-state index is 0.690. The molecule has 0 saturated heterocycles. The first-order valence-electron chi connectivity index (χ1n) is 7.14. The van der Waals surface area contributed by atoms with E-state index in [-0.39, 0.29) is 0 Å². The Morgan fingerprint density at radius 3 is 2.45 bits per heavy atom. The van der Waals surface area contributed by atoms with Gasteiger partial charge in [-0.05, 0) is 51.1 Å². The molecule has 0 radical (unpaired) electrons. The third-order valence-electron chi connectivity index (χ3n) is 3.33. The normalized spacial score (nSPS) is 10.8. The van der Waals surface area contributed by atoms with E-state index in [0.717, 1.165) is 42.4 Å². The number of rotatable bonds is 6. The van der Waals surface area contributed by atoms with Gasteiger partial charge >= 0.3 is 0 Å². The average molecular weight is 270 g/mol. The minimum atomic E-state index is 0.690. The summed E-state index contributed by atoms with van der Waals surface area (Å²) in [4.78, 5) is 13.6. The lowest BCUT2D eigenvalue weighted by Crippen LogP contribution is -2.18. The Morgan fingerprint density at radius 2 is 1.85 bits per heavy atom. The molecule has 0 aliphatic rings. The summed E-state index contributed by atoms with van der Waals surface area (Å²) in [6.07, 6.45) is 3.48. The van der Waals surface area contributed by atoms with Crippen molar-refractivity contribution in [2.75, 3.05) is 13.1 Å². The van der Waals surface area contributed by atoms with Crippen LogP contribution in [0.1, 0.15) is 35.4 Å². The number of hydrogen-bond donors (Lipinski definition) is 1. The Hall–Kier alpha value is -1.81. The van der Waals surface area contributed by atoms with E-state index in [0.29, 0.717) is 6.42 Å². The van der Waals surface area contributed by atoms with Crippen LogP contribution in [-0.4, -0.2) is 28.0 Å². The summed E-state index contributed by atoms with van der Waals surface area (Å²) in [5.74, 6) is 0.853. The number of hydrogen-bond acceptors (Lipinski definition) is 4. The molecule has 4 heteroatoms. The van der Waals surface area contributed by atoms with Crippen molar-refractivity contribution in [1.29, 1.82) is 0 Å². The third-order valence-corrected chi connectivity index (χ3v) is 3.33. The standard InChI is InChI=1S/C16H22N4/c1-4-17-10-8-15-12(2)19-16(20-13(15)3)11-14-7-5-6-9-18-14/h5-7,9,17H,4,8,10-11H2,1-3H3. The summed E-state index contributed by atoms with van der Waals surface area (Å²) in [7, 11) is 0. The van der Waals surface area contributed by atoms with Gasteiger partial charge in [0.2, 0.25) is 0 Å². The first-order chi connectivity index (χ1) is 9.70. The summed E-state index contributed by atoms with van der Waals surface area (Å²) in [6.45, 7) is 8.22. The molecule has 20 heavy (non-hydrogen) atoms. The Morgan fingerprint density at radius 1 is 1.10 bits per heavy atom. The van der Waals surface area contributed by atoms with Crippen molar-refractivity contribution in [3.05, 3.63) is 52.9 Å². The predicted octanol–water partition coefficient (Wildman–Crippen LogP) is 2.23. The first kappa shape index (κ1) is 14.6. The van der Waals surface area contributed by atoms with Gasteiger partial charge in [0.1, 0.15) is 5.82 Å². The first-order valence-corrected chi connectivity index (χ1v) is 7.14.